The van der Waals surface area contributed by atoms with E-state index in [-0.39, 0.29) is 11.7 Å². The van der Waals surface area contributed by atoms with Crippen molar-refractivity contribution in [2.24, 2.45) is 0 Å². The van der Waals surface area contributed by atoms with Gasteiger partial charge in [-0.2, -0.15) is 0 Å². The molecule has 4 rings (SSSR count). The Hall–Kier alpha value is -3.36. The molecule has 1 saturated heterocycles. The quantitative estimate of drug-likeness (QED) is 0.220. The van der Waals surface area contributed by atoms with Crippen molar-refractivity contribution >= 4 is 23.0 Å². The highest BCUT2D eigenvalue weighted by Crippen LogP contribution is 2.40. The van der Waals surface area contributed by atoms with Gasteiger partial charge in [-0.05, 0) is 56.4 Å². The maximum Gasteiger partial charge on any atom is 0.222 e. The second kappa shape index (κ2) is 15.0. The highest BCUT2D eigenvalue weighted by molar-refractivity contribution is 7.14. The van der Waals surface area contributed by atoms with Crippen molar-refractivity contribution in [1.82, 2.24) is 9.80 Å². The molecule has 0 bridgehead atoms. The molecule has 1 aliphatic heterocycles. The molecule has 1 aliphatic rings. The van der Waals surface area contributed by atoms with Gasteiger partial charge < -0.3 is 19.1 Å². The minimum Gasteiger partial charge on any atom is -0.493 e. The molecule has 2 heterocycles. The number of carbonyl (C=O) groups excluding carboxylic acids is 2. The van der Waals surface area contributed by atoms with Gasteiger partial charge in [0.1, 0.15) is 0 Å². The fourth-order valence-electron chi connectivity index (χ4n) is 5.25. The molecule has 220 valence electrons. The standard InChI is InChI=1S/C33H42N2O5S/c1-24-11-13-25(14-12-24)7-5-8-27-16-18-30(41-27)28(36)9-6-10-31(37)35-21-19-34(20-22-35)23-26-15-17-29(38-2)33(40-4)32(26)39-3/h11-18H,5-10,19-23H2,1-4H3. The first-order valence-corrected chi connectivity index (χ1v) is 15.2. The Morgan fingerprint density at radius 3 is 2.20 bits per heavy atom. The van der Waals surface area contributed by atoms with E-state index < -0.39 is 0 Å². The molecule has 1 aromatic heterocycles. The summed E-state index contributed by atoms with van der Waals surface area (Å²) in [4.78, 5) is 31.9. The summed E-state index contributed by atoms with van der Waals surface area (Å²) in [6.45, 7) is 5.73. The predicted octanol–water partition coefficient (Wildman–Crippen LogP) is 5.96. The number of hydrogen-bond donors (Lipinski definition) is 0. The third-order valence-corrected chi connectivity index (χ3v) is 8.83. The van der Waals surface area contributed by atoms with Gasteiger partial charge in [-0.3, -0.25) is 14.5 Å². The summed E-state index contributed by atoms with van der Waals surface area (Å²) >= 11 is 1.60. The lowest BCUT2D eigenvalue weighted by atomic mass is 10.1. The average molecular weight is 579 g/mol. The van der Waals surface area contributed by atoms with Crippen LogP contribution >= 0.6 is 11.3 Å². The van der Waals surface area contributed by atoms with Gasteiger partial charge in [-0.15, -0.1) is 11.3 Å². The molecular weight excluding hydrogens is 536 g/mol. The number of methoxy groups -OCH3 is 3. The first kappa shape index (κ1) is 30.6. The van der Waals surface area contributed by atoms with Crippen LogP contribution in [0.5, 0.6) is 17.2 Å². The molecule has 0 N–H and O–H groups in total. The Morgan fingerprint density at radius 1 is 0.780 bits per heavy atom. The number of thiophene rings is 1. The Balaban J connectivity index is 1.16. The lowest BCUT2D eigenvalue weighted by Gasteiger charge is -2.35. The molecular formula is C33H42N2O5S. The lowest BCUT2D eigenvalue weighted by molar-refractivity contribution is -0.133. The molecule has 8 heteroatoms. The number of piperazine rings is 1. The predicted molar refractivity (Wildman–Crippen MR) is 164 cm³/mol. The number of ketones is 1. The van der Waals surface area contributed by atoms with Crippen molar-refractivity contribution in [3.63, 3.8) is 0 Å². The van der Waals surface area contributed by atoms with Gasteiger partial charge in [0.25, 0.3) is 0 Å². The molecule has 0 unspecified atom stereocenters. The molecule has 0 saturated carbocycles. The number of carbonyl (C=O) groups is 2. The van der Waals surface area contributed by atoms with Crippen LogP contribution in [0.3, 0.4) is 0 Å². The Morgan fingerprint density at radius 2 is 1.51 bits per heavy atom. The average Bonchev–Trinajstić information content (AvgIpc) is 3.47. The summed E-state index contributed by atoms with van der Waals surface area (Å²) in [5.41, 5.74) is 3.65. The minimum absolute atomic E-state index is 0.129. The molecule has 1 amide bonds. The summed E-state index contributed by atoms with van der Waals surface area (Å²) in [6.07, 6.45) is 4.50. The van der Waals surface area contributed by atoms with Crippen LogP contribution in [0.4, 0.5) is 0 Å². The zero-order valence-electron chi connectivity index (χ0n) is 24.7. The van der Waals surface area contributed by atoms with Gasteiger partial charge in [-0.1, -0.05) is 35.9 Å². The maximum atomic E-state index is 12.8. The first-order chi connectivity index (χ1) is 19.9. The van der Waals surface area contributed by atoms with Crippen LogP contribution in [0, 0.1) is 6.92 Å². The van der Waals surface area contributed by atoms with E-state index in [0.717, 1.165) is 42.8 Å². The van der Waals surface area contributed by atoms with E-state index in [9.17, 15) is 9.59 Å². The number of benzene rings is 2. The minimum atomic E-state index is 0.129. The highest BCUT2D eigenvalue weighted by Gasteiger charge is 2.23. The van der Waals surface area contributed by atoms with Gasteiger partial charge in [-0.25, -0.2) is 0 Å². The SMILES string of the molecule is COc1ccc(CN2CCN(C(=O)CCCC(=O)c3ccc(CCCc4ccc(C)cc4)s3)CC2)c(OC)c1OC. The topological polar surface area (TPSA) is 68.3 Å². The monoisotopic (exact) mass is 578 g/mol. The third-order valence-electron chi connectivity index (χ3n) is 7.64. The van der Waals surface area contributed by atoms with Crippen LogP contribution in [0.15, 0.2) is 48.5 Å². The normalized spacial score (nSPS) is 13.7. The molecule has 0 spiro atoms. The van der Waals surface area contributed by atoms with Crippen LogP contribution in [-0.4, -0.2) is 69.0 Å². The van der Waals surface area contributed by atoms with Crippen LogP contribution in [0.2, 0.25) is 0 Å². The first-order valence-electron chi connectivity index (χ1n) is 14.4. The van der Waals surface area contributed by atoms with E-state index in [1.165, 1.54) is 16.0 Å². The zero-order chi connectivity index (χ0) is 29.2. The van der Waals surface area contributed by atoms with Crippen molar-refractivity contribution in [2.45, 2.75) is 52.0 Å². The van der Waals surface area contributed by atoms with Gasteiger partial charge in [0.2, 0.25) is 11.7 Å². The maximum absolute atomic E-state index is 12.8. The van der Waals surface area contributed by atoms with E-state index in [1.54, 1.807) is 32.7 Å². The van der Waals surface area contributed by atoms with Crippen molar-refractivity contribution in [3.05, 3.63) is 75.0 Å². The fraction of sp³-hybridized carbons (Fsp3) is 0.455. The van der Waals surface area contributed by atoms with Crippen molar-refractivity contribution in [3.8, 4) is 17.2 Å². The van der Waals surface area contributed by atoms with Gasteiger partial charge in [0.15, 0.2) is 17.3 Å². The van der Waals surface area contributed by atoms with Crippen molar-refractivity contribution in [2.75, 3.05) is 47.5 Å². The smallest absolute Gasteiger partial charge is 0.222 e. The number of Topliss-reactive ketones (excluding diaryl/α,β-unsaturated/α-hetero) is 1. The summed E-state index contributed by atoms with van der Waals surface area (Å²) in [5.74, 6) is 2.17. The summed E-state index contributed by atoms with van der Waals surface area (Å²) in [7, 11) is 4.85. The van der Waals surface area contributed by atoms with E-state index >= 15 is 0 Å². The second-order valence-corrected chi connectivity index (χ2v) is 11.7. The van der Waals surface area contributed by atoms with E-state index in [4.69, 9.17) is 14.2 Å². The van der Waals surface area contributed by atoms with Crippen molar-refractivity contribution in [1.29, 1.82) is 0 Å². The van der Waals surface area contributed by atoms with E-state index in [0.29, 0.717) is 56.1 Å². The van der Waals surface area contributed by atoms with Gasteiger partial charge in [0.05, 0.1) is 26.2 Å². The van der Waals surface area contributed by atoms with Gasteiger partial charge >= 0.3 is 0 Å². The van der Waals surface area contributed by atoms with Crippen LogP contribution in [-0.2, 0) is 24.2 Å². The number of amides is 1. The summed E-state index contributed by atoms with van der Waals surface area (Å²) in [6, 6.07) is 16.6. The largest absolute Gasteiger partial charge is 0.493 e. The molecule has 0 aliphatic carbocycles. The summed E-state index contributed by atoms with van der Waals surface area (Å²) in [5, 5.41) is 0. The Bertz CT molecular complexity index is 1300. The molecule has 0 radical (unpaired) electrons. The van der Waals surface area contributed by atoms with E-state index in [2.05, 4.69) is 42.2 Å². The van der Waals surface area contributed by atoms with Crippen LogP contribution in [0.25, 0.3) is 0 Å². The zero-order valence-corrected chi connectivity index (χ0v) is 25.6. The molecule has 2 aromatic carbocycles. The summed E-state index contributed by atoms with van der Waals surface area (Å²) < 4.78 is 16.5. The Kier molecular flexibility index (Phi) is 11.2. The second-order valence-electron chi connectivity index (χ2n) is 10.5. The lowest BCUT2D eigenvalue weighted by Crippen LogP contribution is -2.48. The Labute approximate surface area is 248 Å². The number of rotatable bonds is 14. The third kappa shape index (κ3) is 8.33. The van der Waals surface area contributed by atoms with Crippen LogP contribution in [0.1, 0.15) is 56.9 Å². The molecule has 7 nitrogen and oxygen atoms in total. The molecule has 3 aromatic rings. The number of nitrogens with zero attached hydrogens (tertiary/aromatic N) is 2. The van der Waals surface area contributed by atoms with Crippen molar-refractivity contribution < 1.29 is 23.8 Å². The number of hydrogen-bond acceptors (Lipinski definition) is 7. The van der Waals surface area contributed by atoms with Gasteiger partial charge in [0, 0.05) is 56.0 Å². The molecule has 0 atom stereocenters. The van der Waals surface area contributed by atoms with E-state index in [1.807, 2.05) is 23.1 Å². The number of ether oxygens (including phenoxy) is 3. The van der Waals surface area contributed by atoms with Crippen LogP contribution < -0.4 is 14.2 Å². The number of aryl methyl sites for hydroxylation is 3. The molecule has 41 heavy (non-hydrogen) atoms. The highest BCUT2D eigenvalue weighted by atomic mass is 32.1. The fourth-order valence-corrected chi connectivity index (χ4v) is 6.27. The molecule has 1 fully saturated rings.